The molecule has 100 valence electrons. The lowest BCUT2D eigenvalue weighted by Gasteiger charge is -2.33. The van der Waals surface area contributed by atoms with E-state index in [0.29, 0.717) is 6.04 Å². The van der Waals surface area contributed by atoms with Crippen molar-refractivity contribution < 1.29 is 0 Å². The molecule has 0 saturated carbocycles. The molecule has 0 bridgehead atoms. The number of hydrogen-bond donors (Lipinski definition) is 1. The van der Waals surface area contributed by atoms with Gasteiger partial charge in [0.1, 0.15) is 0 Å². The molecule has 1 aromatic rings. The third-order valence-corrected chi connectivity index (χ3v) is 3.48. The van der Waals surface area contributed by atoms with Crippen molar-refractivity contribution in [3.8, 4) is 0 Å². The molecule has 1 aliphatic heterocycles. The Bertz CT molecular complexity index is 376. The molecule has 3 nitrogen and oxygen atoms in total. The second-order valence-electron chi connectivity index (χ2n) is 5.51. The average Bonchev–Trinajstić information content (AvgIpc) is 2.54. The molecular weight excluding hydrogens is 222 g/mol. The molecule has 1 heterocycles. The quantitative estimate of drug-likeness (QED) is 0.877. The van der Waals surface area contributed by atoms with Crippen LogP contribution in [-0.4, -0.2) is 51.2 Å². The number of benzene rings is 1. The summed E-state index contributed by atoms with van der Waals surface area (Å²) in [7, 11) is 4.30. The van der Waals surface area contributed by atoms with Crippen LogP contribution in [0.15, 0.2) is 24.3 Å². The smallest absolute Gasteiger partial charge is 0.0541 e. The van der Waals surface area contributed by atoms with E-state index in [-0.39, 0.29) is 0 Å². The van der Waals surface area contributed by atoms with Crippen LogP contribution in [0.1, 0.15) is 12.0 Å². The lowest BCUT2D eigenvalue weighted by molar-refractivity contribution is 0.361. The van der Waals surface area contributed by atoms with Crippen molar-refractivity contribution in [2.45, 2.75) is 19.4 Å². The first-order valence-electron chi connectivity index (χ1n) is 6.85. The molecule has 1 saturated heterocycles. The number of nitrogens with zero attached hydrogens (tertiary/aromatic N) is 2. The Morgan fingerprint density at radius 1 is 1.39 bits per heavy atom. The number of anilines is 1. The van der Waals surface area contributed by atoms with Gasteiger partial charge in [0.05, 0.1) is 6.04 Å². The van der Waals surface area contributed by atoms with E-state index in [2.05, 4.69) is 60.4 Å². The number of nitrogens with one attached hydrogen (secondary N) is 1. The van der Waals surface area contributed by atoms with Gasteiger partial charge in [-0.15, -0.1) is 0 Å². The first kappa shape index (κ1) is 13.4. The summed E-state index contributed by atoms with van der Waals surface area (Å²) in [6, 6.07) is 9.43. The van der Waals surface area contributed by atoms with Crippen molar-refractivity contribution >= 4 is 5.69 Å². The lowest BCUT2D eigenvalue weighted by Crippen LogP contribution is -2.46. The van der Waals surface area contributed by atoms with Crippen molar-refractivity contribution in [3.05, 3.63) is 29.8 Å². The Morgan fingerprint density at radius 2 is 2.22 bits per heavy atom. The second kappa shape index (κ2) is 6.21. The van der Waals surface area contributed by atoms with Crippen LogP contribution in [0.4, 0.5) is 5.69 Å². The van der Waals surface area contributed by atoms with E-state index in [1.165, 1.54) is 17.7 Å². The Kier molecular flexibility index (Phi) is 4.61. The van der Waals surface area contributed by atoms with Gasteiger partial charge in [-0.1, -0.05) is 12.1 Å². The Hall–Kier alpha value is -1.06. The first-order chi connectivity index (χ1) is 8.66. The zero-order chi connectivity index (χ0) is 13.0. The fourth-order valence-electron chi connectivity index (χ4n) is 2.67. The zero-order valence-electron chi connectivity index (χ0n) is 11.8. The van der Waals surface area contributed by atoms with E-state index in [1.54, 1.807) is 0 Å². The largest absolute Gasteiger partial charge is 0.366 e. The van der Waals surface area contributed by atoms with Gasteiger partial charge in [0.15, 0.2) is 0 Å². The summed E-state index contributed by atoms with van der Waals surface area (Å²) in [5.74, 6) is 0. The van der Waals surface area contributed by atoms with E-state index in [4.69, 9.17) is 0 Å². The summed E-state index contributed by atoms with van der Waals surface area (Å²) in [6.45, 7) is 6.62. The van der Waals surface area contributed by atoms with Crippen LogP contribution in [-0.2, 0) is 0 Å². The van der Waals surface area contributed by atoms with Crippen molar-refractivity contribution in [1.82, 2.24) is 10.2 Å². The predicted molar refractivity (Wildman–Crippen MR) is 78.4 cm³/mol. The maximum Gasteiger partial charge on any atom is 0.0541 e. The van der Waals surface area contributed by atoms with Gasteiger partial charge in [0, 0.05) is 25.3 Å². The van der Waals surface area contributed by atoms with Crippen LogP contribution in [0.3, 0.4) is 0 Å². The molecule has 2 rings (SSSR count). The number of aryl methyl sites for hydroxylation is 1. The van der Waals surface area contributed by atoms with E-state index in [0.717, 1.165) is 26.2 Å². The van der Waals surface area contributed by atoms with Gasteiger partial charge in [-0.05, 0) is 51.7 Å². The fourth-order valence-corrected chi connectivity index (χ4v) is 2.67. The van der Waals surface area contributed by atoms with Gasteiger partial charge < -0.3 is 15.1 Å². The van der Waals surface area contributed by atoms with Crippen molar-refractivity contribution in [3.63, 3.8) is 0 Å². The average molecular weight is 247 g/mol. The van der Waals surface area contributed by atoms with E-state index in [9.17, 15) is 0 Å². The molecule has 1 atom stereocenters. The van der Waals surface area contributed by atoms with Gasteiger partial charge in [-0.3, -0.25) is 0 Å². The van der Waals surface area contributed by atoms with Crippen LogP contribution in [0.2, 0.25) is 0 Å². The van der Waals surface area contributed by atoms with Crippen LogP contribution >= 0.6 is 0 Å². The standard InChI is InChI=1S/C15H25N3/c1-13-6-4-7-14(10-13)18-9-5-8-16-11-15(18)12-17(2)3/h4,6-7,10,15-16H,5,8-9,11-12H2,1-3H3. The summed E-state index contributed by atoms with van der Waals surface area (Å²) in [5.41, 5.74) is 2.71. The summed E-state index contributed by atoms with van der Waals surface area (Å²) in [6.07, 6.45) is 1.22. The molecule has 1 aliphatic rings. The minimum atomic E-state index is 0.560. The Balaban J connectivity index is 2.19. The first-order valence-corrected chi connectivity index (χ1v) is 6.85. The summed E-state index contributed by atoms with van der Waals surface area (Å²) in [4.78, 5) is 4.84. The molecule has 18 heavy (non-hydrogen) atoms. The maximum atomic E-state index is 3.55. The van der Waals surface area contributed by atoms with Crippen molar-refractivity contribution in [2.75, 3.05) is 45.2 Å². The third-order valence-electron chi connectivity index (χ3n) is 3.48. The minimum Gasteiger partial charge on any atom is -0.366 e. The highest BCUT2D eigenvalue weighted by Crippen LogP contribution is 2.20. The molecule has 3 heteroatoms. The third kappa shape index (κ3) is 3.47. The molecule has 1 unspecified atom stereocenters. The van der Waals surface area contributed by atoms with E-state index >= 15 is 0 Å². The molecule has 1 N–H and O–H groups in total. The molecule has 0 amide bonds. The van der Waals surface area contributed by atoms with Crippen LogP contribution in [0.5, 0.6) is 0 Å². The molecule has 0 radical (unpaired) electrons. The molecule has 0 aromatic heterocycles. The van der Waals surface area contributed by atoms with Crippen LogP contribution < -0.4 is 10.2 Å². The molecule has 1 aromatic carbocycles. The molecular formula is C15H25N3. The van der Waals surface area contributed by atoms with Crippen molar-refractivity contribution in [2.24, 2.45) is 0 Å². The maximum absolute atomic E-state index is 3.55. The van der Waals surface area contributed by atoms with Gasteiger partial charge in [0.2, 0.25) is 0 Å². The highest BCUT2D eigenvalue weighted by atomic mass is 15.2. The summed E-state index contributed by atoms with van der Waals surface area (Å²) < 4.78 is 0. The monoisotopic (exact) mass is 247 g/mol. The number of hydrogen-bond acceptors (Lipinski definition) is 3. The fraction of sp³-hybridized carbons (Fsp3) is 0.600. The van der Waals surface area contributed by atoms with Gasteiger partial charge in [-0.25, -0.2) is 0 Å². The van der Waals surface area contributed by atoms with Crippen LogP contribution in [0, 0.1) is 6.92 Å². The highest BCUT2D eigenvalue weighted by molar-refractivity contribution is 5.49. The lowest BCUT2D eigenvalue weighted by atomic mass is 10.1. The van der Waals surface area contributed by atoms with Gasteiger partial charge in [-0.2, -0.15) is 0 Å². The van der Waals surface area contributed by atoms with E-state index in [1.807, 2.05) is 0 Å². The summed E-state index contributed by atoms with van der Waals surface area (Å²) in [5, 5.41) is 3.55. The molecule has 0 aliphatic carbocycles. The topological polar surface area (TPSA) is 18.5 Å². The van der Waals surface area contributed by atoms with Gasteiger partial charge >= 0.3 is 0 Å². The highest BCUT2D eigenvalue weighted by Gasteiger charge is 2.21. The SMILES string of the molecule is Cc1cccc(N2CCCNCC2CN(C)C)c1. The zero-order valence-corrected chi connectivity index (χ0v) is 11.8. The Morgan fingerprint density at radius 3 is 2.94 bits per heavy atom. The minimum absolute atomic E-state index is 0.560. The predicted octanol–water partition coefficient (Wildman–Crippen LogP) is 1.72. The van der Waals surface area contributed by atoms with E-state index < -0.39 is 0 Å². The summed E-state index contributed by atoms with van der Waals surface area (Å²) >= 11 is 0. The van der Waals surface area contributed by atoms with Gasteiger partial charge in [0.25, 0.3) is 0 Å². The normalized spacial score (nSPS) is 21.1. The Labute approximate surface area is 111 Å². The molecule has 0 spiro atoms. The second-order valence-corrected chi connectivity index (χ2v) is 5.51. The number of likely N-dealkylation sites (N-methyl/N-ethyl adjacent to an activating group) is 1. The number of rotatable bonds is 3. The van der Waals surface area contributed by atoms with Crippen molar-refractivity contribution in [1.29, 1.82) is 0 Å². The van der Waals surface area contributed by atoms with Crippen LogP contribution in [0.25, 0.3) is 0 Å². The molecule has 1 fully saturated rings.